The van der Waals surface area contributed by atoms with E-state index in [1.807, 2.05) is 0 Å². The van der Waals surface area contributed by atoms with Crippen molar-refractivity contribution in [2.75, 3.05) is 25.5 Å². The number of hydrogen-bond acceptors (Lipinski definition) is 6. The molecular weight excluding hydrogens is 354 g/mol. The van der Waals surface area contributed by atoms with Crippen LogP contribution in [0.3, 0.4) is 0 Å². The van der Waals surface area contributed by atoms with Gasteiger partial charge in [0.25, 0.3) is 5.91 Å². The Hall–Kier alpha value is -2.33. The number of anilines is 1. The van der Waals surface area contributed by atoms with Crippen LogP contribution in [0.2, 0.25) is 0 Å². The van der Waals surface area contributed by atoms with E-state index >= 15 is 0 Å². The van der Waals surface area contributed by atoms with Crippen molar-refractivity contribution >= 4 is 21.6 Å². The molecule has 2 aromatic rings. The van der Waals surface area contributed by atoms with Crippen LogP contribution in [-0.2, 0) is 10.0 Å². The molecule has 0 radical (unpaired) electrons. The van der Waals surface area contributed by atoms with Gasteiger partial charge in [-0.25, -0.2) is 8.42 Å². The average Bonchev–Trinajstić information content (AvgIpc) is 3.15. The monoisotopic (exact) mass is 375 g/mol. The van der Waals surface area contributed by atoms with Gasteiger partial charge in [0.15, 0.2) is 0 Å². The first kappa shape index (κ1) is 18.5. The highest BCUT2D eigenvalue weighted by Gasteiger charge is 2.25. The third-order valence-corrected chi connectivity index (χ3v) is 5.98. The molecule has 1 aliphatic heterocycles. The zero-order valence-corrected chi connectivity index (χ0v) is 15.2. The quantitative estimate of drug-likeness (QED) is 0.691. The average molecular weight is 375 g/mol. The van der Waals surface area contributed by atoms with Crippen molar-refractivity contribution in [2.45, 2.75) is 17.4 Å². The molecule has 1 atom stereocenters. The van der Waals surface area contributed by atoms with Crippen molar-refractivity contribution in [3.63, 3.8) is 0 Å². The van der Waals surface area contributed by atoms with Crippen molar-refractivity contribution in [2.24, 2.45) is 0 Å². The van der Waals surface area contributed by atoms with Crippen molar-refractivity contribution < 1.29 is 13.2 Å². The number of pyridine rings is 1. The van der Waals surface area contributed by atoms with Crippen molar-refractivity contribution in [1.82, 2.24) is 20.1 Å². The number of amides is 1. The summed E-state index contributed by atoms with van der Waals surface area (Å²) in [7, 11) is -2.05. The van der Waals surface area contributed by atoms with E-state index < -0.39 is 10.0 Å². The maximum Gasteiger partial charge on any atom is 0.255 e. The van der Waals surface area contributed by atoms with E-state index in [0.29, 0.717) is 17.8 Å². The smallest absolute Gasteiger partial charge is 0.255 e. The lowest BCUT2D eigenvalue weighted by molar-refractivity contribution is 0.102. The second-order valence-electron chi connectivity index (χ2n) is 6.06. The second kappa shape index (κ2) is 7.92. The van der Waals surface area contributed by atoms with Crippen LogP contribution < -0.4 is 16.2 Å². The van der Waals surface area contributed by atoms with Crippen LogP contribution >= 0.6 is 0 Å². The Labute approximate surface area is 152 Å². The molecule has 1 saturated heterocycles. The molecule has 8 nitrogen and oxygen atoms in total. The van der Waals surface area contributed by atoms with Gasteiger partial charge in [0.1, 0.15) is 0 Å². The number of sulfonamides is 1. The first-order valence-corrected chi connectivity index (χ1v) is 9.67. The molecular formula is C17H21N5O3S. The molecule has 0 saturated carbocycles. The van der Waals surface area contributed by atoms with Gasteiger partial charge in [-0.2, -0.15) is 4.31 Å². The number of benzene rings is 1. The van der Waals surface area contributed by atoms with Gasteiger partial charge in [0.05, 0.1) is 16.8 Å². The molecule has 1 aromatic heterocycles. The molecule has 26 heavy (non-hydrogen) atoms. The highest BCUT2D eigenvalue weighted by molar-refractivity contribution is 7.89. The number of carbonyl (C=O) groups excluding carboxylic acids is 1. The molecule has 1 unspecified atom stereocenters. The van der Waals surface area contributed by atoms with Crippen LogP contribution in [0.4, 0.5) is 5.69 Å². The fourth-order valence-electron chi connectivity index (χ4n) is 2.68. The van der Waals surface area contributed by atoms with Gasteiger partial charge in [-0.15, -0.1) is 0 Å². The maximum atomic E-state index is 12.7. The predicted octanol–water partition coefficient (Wildman–Crippen LogP) is 0.821. The molecule has 0 spiro atoms. The van der Waals surface area contributed by atoms with E-state index in [9.17, 15) is 13.2 Å². The van der Waals surface area contributed by atoms with E-state index in [-0.39, 0.29) is 16.8 Å². The van der Waals surface area contributed by atoms with Crippen LogP contribution in [0.15, 0.2) is 53.7 Å². The highest BCUT2D eigenvalue weighted by Crippen LogP contribution is 2.17. The minimum absolute atomic E-state index is 0.0827. The van der Waals surface area contributed by atoms with E-state index in [2.05, 4.69) is 21.2 Å². The van der Waals surface area contributed by atoms with Gasteiger partial charge >= 0.3 is 0 Å². The van der Waals surface area contributed by atoms with E-state index in [1.54, 1.807) is 25.4 Å². The summed E-state index contributed by atoms with van der Waals surface area (Å²) in [5.74, 6) is -0.323. The molecule has 1 amide bonds. The lowest BCUT2D eigenvalue weighted by atomic mass is 10.2. The molecule has 138 valence electrons. The van der Waals surface area contributed by atoms with E-state index in [4.69, 9.17) is 0 Å². The van der Waals surface area contributed by atoms with Gasteiger partial charge in [-0.05, 0) is 42.8 Å². The highest BCUT2D eigenvalue weighted by atomic mass is 32.2. The third-order valence-electron chi connectivity index (χ3n) is 4.15. The Balaban J connectivity index is 1.68. The Morgan fingerprint density at radius 2 is 2.08 bits per heavy atom. The zero-order chi connectivity index (χ0) is 18.6. The fraction of sp³-hybridized carbons (Fsp3) is 0.294. The summed E-state index contributed by atoms with van der Waals surface area (Å²) in [6.07, 6.45) is 4.02. The SMILES string of the molecule is CN(CC1CCNN1)S(=O)(=O)c1ccc(C(=O)Nc2cccnc2)cc1. The van der Waals surface area contributed by atoms with Gasteiger partial charge in [-0.3, -0.25) is 20.6 Å². The molecule has 0 aliphatic carbocycles. The summed E-state index contributed by atoms with van der Waals surface area (Å²) in [6.45, 7) is 1.19. The molecule has 2 heterocycles. The molecule has 9 heteroatoms. The zero-order valence-electron chi connectivity index (χ0n) is 14.3. The number of aromatic nitrogens is 1. The van der Waals surface area contributed by atoms with Crippen molar-refractivity contribution in [1.29, 1.82) is 0 Å². The second-order valence-corrected chi connectivity index (χ2v) is 8.11. The number of rotatable bonds is 6. The fourth-order valence-corrected chi connectivity index (χ4v) is 3.89. The molecule has 1 fully saturated rings. The Morgan fingerprint density at radius 3 is 2.69 bits per heavy atom. The van der Waals surface area contributed by atoms with Crippen LogP contribution in [0.25, 0.3) is 0 Å². The number of carbonyl (C=O) groups is 1. The van der Waals surface area contributed by atoms with Crippen LogP contribution in [-0.4, -0.2) is 49.8 Å². The molecule has 3 N–H and O–H groups in total. The molecule has 1 aromatic carbocycles. The minimum atomic E-state index is -3.60. The van der Waals surface area contributed by atoms with Crippen LogP contribution in [0.1, 0.15) is 16.8 Å². The van der Waals surface area contributed by atoms with Crippen LogP contribution in [0, 0.1) is 0 Å². The number of hydrazine groups is 1. The summed E-state index contributed by atoms with van der Waals surface area (Å²) in [6, 6.07) is 9.43. The standard InChI is InChI=1S/C17H21N5O3S/c1-22(12-15-8-10-19-21-15)26(24,25)16-6-4-13(5-7-16)17(23)20-14-3-2-9-18-11-14/h2-7,9,11,15,19,21H,8,10,12H2,1H3,(H,20,23). The first-order valence-electron chi connectivity index (χ1n) is 8.23. The maximum absolute atomic E-state index is 12.7. The van der Waals surface area contributed by atoms with Gasteiger partial charge < -0.3 is 5.32 Å². The van der Waals surface area contributed by atoms with Crippen molar-refractivity contribution in [3.05, 3.63) is 54.4 Å². The minimum Gasteiger partial charge on any atom is -0.321 e. The normalized spacial score (nSPS) is 17.4. The number of nitrogens with zero attached hydrogens (tertiary/aromatic N) is 2. The lowest BCUT2D eigenvalue weighted by Gasteiger charge is -2.20. The third kappa shape index (κ3) is 4.25. The molecule has 0 bridgehead atoms. The number of hydrogen-bond donors (Lipinski definition) is 3. The van der Waals surface area contributed by atoms with E-state index in [0.717, 1.165) is 13.0 Å². The Morgan fingerprint density at radius 1 is 1.31 bits per heavy atom. The summed E-state index contributed by atoms with van der Waals surface area (Å²) in [5, 5.41) is 2.71. The largest absolute Gasteiger partial charge is 0.321 e. The Bertz CT molecular complexity index is 850. The molecule has 3 rings (SSSR count). The predicted molar refractivity (Wildman–Crippen MR) is 98.0 cm³/mol. The number of nitrogens with one attached hydrogen (secondary N) is 3. The Kier molecular flexibility index (Phi) is 5.62. The van der Waals surface area contributed by atoms with Gasteiger partial charge in [0, 0.05) is 37.9 Å². The number of likely N-dealkylation sites (N-methyl/N-ethyl adjacent to an activating group) is 1. The summed E-state index contributed by atoms with van der Waals surface area (Å²) in [5.41, 5.74) is 6.98. The summed E-state index contributed by atoms with van der Waals surface area (Å²) < 4.78 is 26.6. The van der Waals surface area contributed by atoms with Gasteiger partial charge in [0.2, 0.25) is 10.0 Å². The lowest BCUT2D eigenvalue weighted by Crippen LogP contribution is -2.41. The van der Waals surface area contributed by atoms with Crippen LogP contribution in [0.5, 0.6) is 0 Å². The van der Waals surface area contributed by atoms with Gasteiger partial charge in [-0.1, -0.05) is 0 Å². The van der Waals surface area contributed by atoms with E-state index in [1.165, 1.54) is 34.8 Å². The first-order chi connectivity index (χ1) is 12.5. The summed E-state index contributed by atoms with van der Waals surface area (Å²) >= 11 is 0. The summed E-state index contributed by atoms with van der Waals surface area (Å²) in [4.78, 5) is 16.3. The topological polar surface area (TPSA) is 103 Å². The van der Waals surface area contributed by atoms with Crippen molar-refractivity contribution in [3.8, 4) is 0 Å². The molecule has 1 aliphatic rings.